The molecule has 108 valence electrons. The Morgan fingerprint density at radius 3 is 2.85 bits per heavy atom. The van der Waals surface area contributed by atoms with E-state index in [0.29, 0.717) is 26.1 Å². The van der Waals surface area contributed by atoms with Crippen LogP contribution in [0.4, 0.5) is 4.79 Å². The second-order valence-electron chi connectivity index (χ2n) is 5.41. The van der Waals surface area contributed by atoms with Gasteiger partial charge in [-0.25, -0.2) is 9.78 Å². The second kappa shape index (κ2) is 4.81. The van der Waals surface area contributed by atoms with Gasteiger partial charge in [-0.05, 0) is 13.3 Å². The van der Waals surface area contributed by atoms with E-state index >= 15 is 0 Å². The highest BCUT2D eigenvalue weighted by Gasteiger charge is 2.40. The van der Waals surface area contributed by atoms with Gasteiger partial charge < -0.3 is 19.5 Å². The van der Waals surface area contributed by atoms with Crippen molar-refractivity contribution in [3.8, 4) is 0 Å². The van der Waals surface area contributed by atoms with Crippen molar-refractivity contribution < 1.29 is 14.7 Å². The predicted molar refractivity (Wildman–Crippen MR) is 69.9 cm³/mol. The maximum Gasteiger partial charge on any atom is 0.320 e. The summed E-state index contributed by atoms with van der Waals surface area (Å²) in [5, 5.41) is 9.13. The molecule has 3 heterocycles. The molecular formula is C13H18N4O3. The normalized spacial score (nSPS) is 25.6. The summed E-state index contributed by atoms with van der Waals surface area (Å²) in [6, 6.07) is -0.322. The molecule has 3 rings (SSSR count). The molecule has 0 radical (unpaired) electrons. The number of likely N-dealkylation sites (tertiary alicyclic amines) is 1. The summed E-state index contributed by atoms with van der Waals surface area (Å²) in [5.41, 5.74) is 0. The highest BCUT2D eigenvalue weighted by molar-refractivity contribution is 5.78. The Kier molecular flexibility index (Phi) is 3.11. The van der Waals surface area contributed by atoms with E-state index < -0.39 is 11.9 Å². The van der Waals surface area contributed by atoms with E-state index in [0.717, 1.165) is 12.4 Å². The lowest BCUT2D eigenvalue weighted by Gasteiger charge is -2.33. The fourth-order valence-corrected chi connectivity index (χ4v) is 3.06. The zero-order valence-corrected chi connectivity index (χ0v) is 11.4. The minimum absolute atomic E-state index is 0.0736. The first-order valence-electron chi connectivity index (χ1n) is 6.86. The number of fused-ring (bicyclic) bond motifs is 1. The van der Waals surface area contributed by atoms with Gasteiger partial charge in [-0.15, -0.1) is 0 Å². The zero-order chi connectivity index (χ0) is 14.3. The van der Waals surface area contributed by atoms with Crippen molar-refractivity contribution in [2.75, 3.05) is 13.1 Å². The molecule has 2 unspecified atom stereocenters. The summed E-state index contributed by atoms with van der Waals surface area (Å²) in [5.74, 6) is -0.390. The van der Waals surface area contributed by atoms with Crippen LogP contribution in [0.3, 0.4) is 0 Å². The molecule has 1 saturated heterocycles. The Labute approximate surface area is 116 Å². The predicted octanol–water partition coefficient (Wildman–Crippen LogP) is 0.614. The number of rotatable bonds is 1. The molecule has 2 atom stereocenters. The first-order valence-corrected chi connectivity index (χ1v) is 6.86. The molecular weight excluding hydrogens is 260 g/mol. The van der Waals surface area contributed by atoms with Gasteiger partial charge in [-0.3, -0.25) is 4.79 Å². The summed E-state index contributed by atoms with van der Waals surface area (Å²) in [4.78, 5) is 31.3. The molecule has 7 heteroatoms. The average Bonchev–Trinajstić information content (AvgIpc) is 3.03. The van der Waals surface area contributed by atoms with E-state index in [1.165, 1.54) is 0 Å². The van der Waals surface area contributed by atoms with E-state index in [1.54, 1.807) is 16.0 Å². The third-order valence-corrected chi connectivity index (χ3v) is 4.33. The Morgan fingerprint density at radius 2 is 2.15 bits per heavy atom. The molecule has 20 heavy (non-hydrogen) atoms. The molecule has 2 aliphatic heterocycles. The van der Waals surface area contributed by atoms with Crippen LogP contribution in [-0.2, 0) is 17.9 Å². The number of aliphatic carboxylic acids is 1. The maximum absolute atomic E-state index is 12.5. The van der Waals surface area contributed by atoms with Crippen LogP contribution < -0.4 is 0 Å². The third kappa shape index (κ3) is 2.03. The zero-order valence-electron chi connectivity index (χ0n) is 11.4. The molecule has 2 amide bonds. The van der Waals surface area contributed by atoms with Crippen molar-refractivity contribution in [3.63, 3.8) is 0 Å². The summed E-state index contributed by atoms with van der Waals surface area (Å²) in [7, 11) is 0. The Morgan fingerprint density at radius 1 is 1.35 bits per heavy atom. The molecule has 1 N–H and O–H groups in total. The number of hydrogen-bond donors (Lipinski definition) is 1. The van der Waals surface area contributed by atoms with Gasteiger partial charge in [0.05, 0.1) is 12.5 Å². The number of carboxylic acids is 1. The van der Waals surface area contributed by atoms with Crippen LogP contribution in [-0.4, -0.2) is 55.6 Å². The SMILES string of the molecule is CC1C(C(=O)O)CCN1C(=O)N1CCn2ccnc2C1. The molecule has 0 bridgehead atoms. The highest BCUT2D eigenvalue weighted by Crippen LogP contribution is 2.26. The Bertz CT molecular complexity index is 541. The molecule has 1 aromatic rings. The Hall–Kier alpha value is -2.05. The van der Waals surface area contributed by atoms with Gasteiger partial charge in [-0.1, -0.05) is 0 Å². The molecule has 2 aliphatic rings. The minimum atomic E-state index is -0.818. The van der Waals surface area contributed by atoms with Gasteiger partial charge in [0, 0.05) is 38.1 Å². The topological polar surface area (TPSA) is 78.7 Å². The number of carboxylic acid groups (broad SMARTS) is 1. The lowest BCUT2D eigenvalue weighted by molar-refractivity contribution is -0.142. The minimum Gasteiger partial charge on any atom is -0.481 e. The number of carbonyl (C=O) groups excluding carboxylic acids is 1. The van der Waals surface area contributed by atoms with Gasteiger partial charge >= 0.3 is 12.0 Å². The van der Waals surface area contributed by atoms with Crippen molar-refractivity contribution in [1.82, 2.24) is 19.4 Å². The number of amides is 2. The lowest BCUT2D eigenvalue weighted by Crippen LogP contribution is -2.48. The lowest BCUT2D eigenvalue weighted by atomic mass is 10.0. The second-order valence-corrected chi connectivity index (χ2v) is 5.41. The van der Waals surface area contributed by atoms with Gasteiger partial charge in [0.15, 0.2) is 0 Å². The van der Waals surface area contributed by atoms with Crippen LogP contribution in [0.25, 0.3) is 0 Å². The van der Waals surface area contributed by atoms with E-state index in [4.69, 9.17) is 5.11 Å². The molecule has 1 fully saturated rings. The Balaban J connectivity index is 1.70. The standard InChI is InChI=1S/C13H18N4O3/c1-9-10(12(18)19)2-4-17(9)13(20)16-7-6-15-5-3-14-11(15)8-16/h3,5,9-10H,2,4,6-8H2,1H3,(H,18,19). The smallest absolute Gasteiger partial charge is 0.320 e. The number of nitrogens with zero attached hydrogens (tertiary/aromatic N) is 4. The highest BCUT2D eigenvalue weighted by atomic mass is 16.4. The van der Waals surface area contributed by atoms with Crippen LogP contribution in [0.2, 0.25) is 0 Å². The van der Waals surface area contributed by atoms with Crippen LogP contribution >= 0.6 is 0 Å². The first kappa shape index (κ1) is 13.0. The van der Waals surface area contributed by atoms with Crippen LogP contribution in [0, 0.1) is 5.92 Å². The quantitative estimate of drug-likeness (QED) is 0.816. The van der Waals surface area contributed by atoms with Crippen LogP contribution in [0.1, 0.15) is 19.2 Å². The summed E-state index contributed by atoms with van der Waals surface area (Å²) in [6.07, 6.45) is 4.18. The summed E-state index contributed by atoms with van der Waals surface area (Å²) in [6.45, 7) is 4.21. The summed E-state index contributed by atoms with van der Waals surface area (Å²) < 4.78 is 2.04. The van der Waals surface area contributed by atoms with E-state index in [-0.39, 0.29) is 12.1 Å². The van der Waals surface area contributed by atoms with E-state index in [1.807, 2.05) is 17.7 Å². The number of carbonyl (C=O) groups is 2. The molecule has 7 nitrogen and oxygen atoms in total. The fourth-order valence-electron chi connectivity index (χ4n) is 3.06. The average molecular weight is 278 g/mol. The molecule has 0 saturated carbocycles. The first-order chi connectivity index (χ1) is 9.58. The summed E-state index contributed by atoms with van der Waals surface area (Å²) >= 11 is 0. The van der Waals surface area contributed by atoms with E-state index in [2.05, 4.69) is 4.98 Å². The van der Waals surface area contributed by atoms with Crippen molar-refractivity contribution in [2.45, 2.75) is 32.5 Å². The molecule has 0 spiro atoms. The van der Waals surface area contributed by atoms with Gasteiger partial charge in [0.25, 0.3) is 0 Å². The van der Waals surface area contributed by atoms with Crippen molar-refractivity contribution in [3.05, 3.63) is 18.2 Å². The van der Waals surface area contributed by atoms with E-state index in [9.17, 15) is 9.59 Å². The third-order valence-electron chi connectivity index (χ3n) is 4.33. The molecule has 0 aromatic carbocycles. The van der Waals surface area contributed by atoms with Gasteiger partial charge in [-0.2, -0.15) is 0 Å². The number of imidazole rings is 1. The monoisotopic (exact) mass is 278 g/mol. The van der Waals surface area contributed by atoms with Crippen LogP contribution in [0.15, 0.2) is 12.4 Å². The van der Waals surface area contributed by atoms with Gasteiger partial charge in [0.1, 0.15) is 5.82 Å². The maximum atomic E-state index is 12.5. The largest absolute Gasteiger partial charge is 0.481 e. The van der Waals surface area contributed by atoms with Crippen molar-refractivity contribution in [1.29, 1.82) is 0 Å². The fraction of sp³-hybridized carbons (Fsp3) is 0.615. The number of hydrogen-bond acceptors (Lipinski definition) is 3. The number of aromatic nitrogens is 2. The van der Waals surface area contributed by atoms with Crippen LogP contribution in [0.5, 0.6) is 0 Å². The molecule has 0 aliphatic carbocycles. The van der Waals surface area contributed by atoms with Crippen molar-refractivity contribution in [2.24, 2.45) is 5.92 Å². The van der Waals surface area contributed by atoms with Gasteiger partial charge in [0.2, 0.25) is 0 Å². The molecule has 1 aromatic heterocycles. The number of urea groups is 1. The van der Waals surface area contributed by atoms with Crippen molar-refractivity contribution >= 4 is 12.0 Å².